The van der Waals surface area contributed by atoms with Crippen molar-refractivity contribution in [2.45, 2.75) is 25.8 Å². The van der Waals surface area contributed by atoms with Crippen molar-refractivity contribution >= 4 is 35.2 Å². The molecule has 0 bridgehead atoms. The minimum absolute atomic E-state index is 0.224. The second-order valence-corrected chi connectivity index (χ2v) is 8.64. The molecule has 0 radical (unpaired) electrons. The number of anilines is 2. The smallest absolute Gasteiger partial charge is 0.404 e. The Morgan fingerprint density at radius 2 is 1.83 bits per heavy atom. The third kappa shape index (κ3) is 6.94. The highest BCUT2D eigenvalue weighted by atomic mass is 16.4. The van der Waals surface area contributed by atoms with E-state index in [1.165, 1.54) is 0 Å². The molecule has 1 amide bonds. The molecule has 0 spiro atoms. The number of rotatable bonds is 7. The van der Waals surface area contributed by atoms with Gasteiger partial charge in [-0.1, -0.05) is 30.3 Å². The Bertz CT molecular complexity index is 1120. The number of amides is 1. The molecule has 182 valence electrons. The van der Waals surface area contributed by atoms with E-state index in [-0.39, 0.29) is 6.54 Å². The lowest BCUT2D eigenvalue weighted by atomic mass is 9.93. The first-order chi connectivity index (χ1) is 17.1. The maximum Gasteiger partial charge on any atom is 0.404 e. The number of hydrogen-bond acceptors (Lipinski definition) is 7. The Labute approximate surface area is 204 Å². The predicted octanol–water partition coefficient (Wildman–Crippen LogP) is 3.29. The summed E-state index contributed by atoms with van der Waals surface area (Å²) in [5.41, 5.74) is 3.52. The molecule has 0 atom stereocenters. The van der Waals surface area contributed by atoms with Gasteiger partial charge in [-0.2, -0.15) is 4.99 Å². The number of carbonyl (C=O) groups excluding carboxylic acids is 1. The Hall–Kier alpha value is -4.10. The minimum atomic E-state index is -0.957. The van der Waals surface area contributed by atoms with E-state index < -0.39 is 6.09 Å². The fraction of sp³-hybridized carbons (Fsp3) is 0.346. The number of guanidine groups is 1. The van der Waals surface area contributed by atoms with Crippen LogP contribution in [0.2, 0.25) is 0 Å². The van der Waals surface area contributed by atoms with Crippen LogP contribution < -0.4 is 20.9 Å². The van der Waals surface area contributed by atoms with Gasteiger partial charge >= 0.3 is 6.09 Å². The molecular weight excluding hydrogens is 444 g/mol. The zero-order valence-corrected chi connectivity index (χ0v) is 19.5. The van der Waals surface area contributed by atoms with Gasteiger partial charge in [0.25, 0.3) is 0 Å². The van der Waals surface area contributed by atoms with Gasteiger partial charge in [0, 0.05) is 37.6 Å². The zero-order valence-electron chi connectivity index (χ0n) is 19.5. The van der Waals surface area contributed by atoms with Crippen LogP contribution in [0.1, 0.15) is 24.8 Å². The molecule has 4 N–H and O–H groups in total. The van der Waals surface area contributed by atoms with E-state index in [2.05, 4.69) is 43.0 Å². The summed E-state index contributed by atoms with van der Waals surface area (Å²) in [4.78, 5) is 33.1. The number of amidine groups is 1. The van der Waals surface area contributed by atoms with Gasteiger partial charge in [-0.05, 0) is 55.0 Å². The Morgan fingerprint density at radius 1 is 1.09 bits per heavy atom. The number of carbonyl (C=O) groups is 1. The van der Waals surface area contributed by atoms with E-state index in [0.29, 0.717) is 36.4 Å². The van der Waals surface area contributed by atoms with Crippen LogP contribution in [0.3, 0.4) is 0 Å². The summed E-state index contributed by atoms with van der Waals surface area (Å²) >= 11 is 0. The molecule has 9 heteroatoms. The number of hydrogen-bond donors (Lipinski definition) is 4. The van der Waals surface area contributed by atoms with Gasteiger partial charge in [0.2, 0.25) is 5.96 Å². The van der Waals surface area contributed by atoms with Gasteiger partial charge in [-0.15, -0.1) is 0 Å². The first-order valence-corrected chi connectivity index (χ1v) is 11.8. The van der Waals surface area contributed by atoms with Crippen molar-refractivity contribution in [1.29, 1.82) is 0 Å². The summed E-state index contributed by atoms with van der Waals surface area (Å²) in [5, 5.41) is 17.6. The summed E-state index contributed by atoms with van der Waals surface area (Å²) in [5.74, 6) is 3.43. The molecule has 0 unspecified atom stereocenters. The normalized spacial score (nSPS) is 16.1. The van der Waals surface area contributed by atoms with Crippen LogP contribution in [0.4, 0.5) is 16.2 Å². The molecule has 9 nitrogen and oxygen atoms in total. The van der Waals surface area contributed by atoms with Crippen LogP contribution in [0.5, 0.6) is 0 Å². The lowest BCUT2D eigenvalue weighted by molar-refractivity contribution is 0.193. The van der Waals surface area contributed by atoms with Crippen molar-refractivity contribution in [2.24, 2.45) is 15.9 Å². The molecule has 2 aliphatic heterocycles. The highest BCUT2D eigenvalue weighted by Crippen LogP contribution is 2.26. The second-order valence-electron chi connectivity index (χ2n) is 8.64. The summed E-state index contributed by atoms with van der Waals surface area (Å²) < 4.78 is 0. The molecule has 2 aliphatic rings. The van der Waals surface area contributed by atoms with E-state index in [1.807, 2.05) is 48.4 Å². The monoisotopic (exact) mass is 474 g/mol. The van der Waals surface area contributed by atoms with Crippen LogP contribution in [0.25, 0.3) is 0 Å². The molecule has 0 saturated carbocycles. The van der Waals surface area contributed by atoms with Gasteiger partial charge in [0.05, 0.1) is 12.1 Å². The van der Waals surface area contributed by atoms with E-state index in [4.69, 9.17) is 5.11 Å². The molecule has 4 rings (SSSR count). The van der Waals surface area contributed by atoms with Crippen molar-refractivity contribution in [3.05, 3.63) is 65.7 Å². The van der Waals surface area contributed by atoms with E-state index in [1.54, 1.807) is 0 Å². The topological polar surface area (TPSA) is 118 Å². The molecule has 35 heavy (non-hydrogen) atoms. The van der Waals surface area contributed by atoms with Gasteiger partial charge in [-0.25, -0.2) is 14.6 Å². The first kappa shape index (κ1) is 24.0. The highest BCUT2D eigenvalue weighted by Gasteiger charge is 2.20. The lowest BCUT2D eigenvalue weighted by Crippen LogP contribution is -2.35. The quantitative estimate of drug-likeness (QED) is 0.458. The van der Waals surface area contributed by atoms with Crippen molar-refractivity contribution in [3.8, 4) is 0 Å². The van der Waals surface area contributed by atoms with Crippen LogP contribution >= 0.6 is 0 Å². The number of piperidine rings is 1. The van der Waals surface area contributed by atoms with Crippen molar-refractivity contribution in [3.63, 3.8) is 0 Å². The predicted molar refractivity (Wildman–Crippen MR) is 138 cm³/mol. The van der Waals surface area contributed by atoms with E-state index >= 15 is 0 Å². The summed E-state index contributed by atoms with van der Waals surface area (Å²) in [7, 11) is 0. The molecule has 1 fully saturated rings. The SMILES string of the molecule is O=C=C1CN=C(Nc2ccc(N3CCC(CCNC(=O)O)CC3)cc2)N=C1NCc1ccccc1. The lowest BCUT2D eigenvalue weighted by Gasteiger charge is -2.33. The van der Waals surface area contributed by atoms with Crippen LogP contribution in [0, 0.1) is 5.92 Å². The van der Waals surface area contributed by atoms with E-state index in [0.717, 1.165) is 49.3 Å². The first-order valence-electron chi connectivity index (χ1n) is 11.8. The Morgan fingerprint density at radius 3 is 2.51 bits per heavy atom. The largest absolute Gasteiger partial charge is 0.465 e. The van der Waals surface area contributed by atoms with Crippen LogP contribution in [0.15, 0.2) is 70.2 Å². The highest BCUT2D eigenvalue weighted by molar-refractivity contribution is 6.14. The maximum absolute atomic E-state index is 11.3. The van der Waals surface area contributed by atoms with Gasteiger partial charge < -0.3 is 26.0 Å². The summed E-state index contributed by atoms with van der Waals surface area (Å²) in [6.45, 7) is 3.21. The number of carboxylic acid groups (broad SMARTS) is 1. The molecule has 2 heterocycles. The standard InChI is InChI=1S/C26H30N6O3/c33-18-21-17-29-25(31-24(21)28-16-20-4-2-1-3-5-20)30-22-6-8-23(9-7-22)32-14-11-19(12-15-32)10-13-27-26(34)35/h1-9,19,27H,10-17H2,(H,34,35)(H2,28,29,30,31). The zero-order chi connectivity index (χ0) is 24.5. The summed E-state index contributed by atoms with van der Waals surface area (Å²) in [6.07, 6.45) is 2.03. The molecular formula is C26H30N6O3. The average Bonchev–Trinajstić information content (AvgIpc) is 2.89. The van der Waals surface area contributed by atoms with Crippen LogP contribution in [-0.2, 0) is 11.3 Å². The fourth-order valence-electron chi connectivity index (χ4n) is 4.26. The third-order valence-electron chi connectivity index (χ3n) is 6.25. The average molecular weight is 475 g/mol. The number of benzene rings is 2. The van der Waals surface area contributed by atoms with Crippen LogP contribution in [-0.4, -0.2) is 55.1 Å². The summed E-state index contributed by atoms with van der Waals surface area (Å²) in [6, 6.07) is 18.1. The molecule has 0 aliphatic carbocycles. The van der Waals surface area contributed by atoms with Crippen molar-refractivity contribution in [2.75, 3.05) is 36.4 Å². The maximum atomic E-state index is 11.3. The molecule has 1 saturated heterocycles. The van der Waals surface area contributed by atoms with E-state index in [9.17, 15) is 9.59 Å². The number of nitrogens with one attached hydrogen (secondary N) is 3. The molecule has 0 aromatic heterocycles. The van der Waals surface area contributed by atoms with Gasteiger partial charge in [0.1, 0.15) is 11.8 Å². The van der Waals surface area contributed by atoms with Crippen molar-refractivity contribution in [1.82, 2.24) is 10.6 Å². The molecule has 2 aromatic rings. The molecule has 2 aromatic carbocycles. The third-order valence-corrected chi connectivity index (χ3v) is 6.25. The van der Waals surface area contributed by atoms with Gasteiger partial charge in [-0.3, -0.25) is 0 Å². The number of aliphatic imine (C=N–C) groups is 2. The minimum Gasteiger partial charge on any atom is -0.465 e. The Kier molecular flexibility index (Phi) is 8.14. The second kappa shape index (κ2) is 11.9. The van der Waals surface area contributed by atoms with Crippen molar-refractivity contribution < 1.29 is 14.7 Å². The fourth-order valence-corrected chi connectivity index (χ4v) is 4.26. The number of nitrogens with zero attached hydrogens (tertiary/aromatic N) is 3. The Balaban J connectivity index is 1.30. The van der Waals surface area contributed by atoms with Gasteiger partial charge in [0.15, 0.2) is 0 Å².